The van der Waals surface area contributed by atoms with E-state index in [0.717, 1.165) is 0 Å². The summed E-state index contributed by atoms with van der Waals surface area (Å²) in [5.41, 5.74) is -0.535. The average molecular weight is 308 g/mol. The molecule has 1 rings (SSSR count). The molecule has 0 radical (unpaired) electrons. The highest BCUT2D eigenvalue weighted by molar-refractivity contribution is 5.95. The van der Waals surface area contributed by atoms with Gasteiger partial charge in [-0.05, 0) is 25.8 Å². The van der Waals surface area contributed by atoms with Gasteiger partial charge in [-0.1, -0.05) is 19.9 Å². The van der Waals surface area contributed by atoms with Gasteiger partial charge in [-0.15, -0.1) is 0 Å². The summed E-state index contributed by atoms with van der Waals surface area (Å²) in [6.07, 6.45) is 0.498. The highest BCUT2D eigenvalue weighted by atomic mass is 16.6. The number of nitro benzene ring substituents is 1. The lowest BCUT2D eigenvalue weighted by Gasteiger charge is -2.26. The lowest BCUT2D eigenvalue weighted by molar-refractivity contribution is -0.385. The van der Waals surface area contributed by atoms with Crippen molar-refractivity contribution in [2.24, 2.45) is 5.41 Å². The van der Waals surface area contributed by atoms with Gasteiger partial charge in [-0.2, -0.15) is 0 Å². The van der Waals surface area contributed by atoms with Gasteiger partial charge in [0.15, 0.2) is 0 Å². The van der Waals surface area contributed by atoms with Crippen LogP contribution in [0.1, 0.15) is 38.7 Å². The predicted octanol–water partition coefficient (Wildman–Crippen LogP) is 3.12. The lowest BCUT2D eigenvalue weighted by Crippen LogP contribution is -2.34. The van der Waals surface area contributed by atoms with Crippen LogP contribution in [0, 0.1) is 22.5 Å². The number of amides is 1. The van der Waals surface area contributed by atoms with Crippen molar-refractivity contribution in [3.8, 4) is 0 Å². The second kappa shape index (κ2) is 7.02. The molecule has 0 aliphatic heterocycles. The van der Waals surface area contributed by atoms with E-state index < -0.39 is 22.2 Å². The molecule has 120 valence electrons. The number of anilines is 1. The molecular formula is C15H20N2O5. The minimum absolute atomic E-state index is 0.0896. The Hall–Kier alpha value is -2.44. The first-order valence-corrected chi connectivity index (χ1v) is 7.04. The molecule has 1 aromatic rings. The molecule has 1 amide bonds. The first-order chi connectivity index (χ1) is 10.3. The topological polar surface area (TPSA) is 110 Å². The Bertz CT molecular complexity index is 594. The number of hydrogen-bond acceptors (Lipinski definition) is 4. The third kappa shape index (κ3) is 3.60. The minimum atomic E-state index is -1.11. The van der Waals surface area contributed by atoms with Crippen LogP contribution in [-0.4, -0.2) is 21.9 Å². The molecule has 2 N–H and O–H groups in total. The molecule has 0 fully saturated rings. The standard InChI is InChI=1S/C15H20N2O5/c1-4-15(5-2,14(19)20)9-13(18)16-11-7-6-8-12(10(11)3)17(21)22/h6-8H,4-5,9H2,1-3H3,(H,16,18)(H,19,20). The summed E-state index contributed by atoms with van der Waals surface area (Å²) in [6, 6.07) is 4.38. The SMILES string of the molecule is CCC(CC)(CC(=O)Nc1cccc([N+](=O)[O-])c1C)C(=O)O. The van der Waals surface area contributed by atoms with E-state index in [9.17, 15) is 24.8 Å². The summed E-state index contributed by atoms with van der Waals surface area (Å²) in [4.78, 5) is 33.9. The number of hydrogen-bond donors (Lipinski definition) is 2. The van der Waals surface area contributed by atoms with Crippen molar-refractivity contribution in [1.82, 2.24) is 0 Å². The van der Waals surface area contributed by atoms with Gasteiger partial charge in [-0.25, -0.2) is 0 Å². The number of nitrogens with zero attached hydrogens (tertiary/aromatic N) is 1. The zero-order valence-electron chi connectivity index (χ0n) is 12.9. The number of nitrogens with one attached hydrogen (secondary N) is 1. The van der Waals surface area contributed by atoms with Gasteiger partial charge in [0.05, 0.1) is 21.6 Å². The Labute approximate surface area is 128 Å². The second-order valence-corrected chi connectivity index (χ2v) is 5.22. The van der Waals surface area contributed by atoms with Crippen molar-refractivity contribution < 1.29 is 19.6 Å². The van der Waals surface area contributed by atoms with E-state index in [4.69, 9.17) is 0 Å². The molecule has 0 spiro atoms. The third-order valence-corrected chi connectivity index (χ3v) is 4.08. The van der Waals surface area contributed by atoms with Crippen LogP contribution in [0.15, 0.2) is 18.2 Å². The minimum Gasteiger partial charge on any atom is -0.481 e. The maximum absolute atomic E-state index is 12.1. The summed E-state index contributed by atoms with van der Waals surface area (Å²) in [6.45, 7) is 4.99. The summed E-state index contributed by atoms with van der Waals surface area (Å²) in [5, 5.41) is 22.8. The Kier molecular flexibility index (Phi) is 5.62. The Balaban J connectivity index is 2.97. The number of carbonyl (C=O) groups is 2. The molecule has 7 nitrogen and oxygen atoms in total. The van der Waals surface area contributed by atoms with E-state index >= 15 is 0 Å². The Morgan fingerprint density at radius 3 is 2.36 bits per heavy atom. The van der Waals surface area contributed by atoms with Crippen molar-refractivity contribution in [3.63, 3.8) is 0 Å². The Morgan fingerprint density at radius 2 is 1.91 bits per heavy atom. The number of rotatable bonds is 7. The molecule has 0 saturated carbocycles. The fraction of sp³-hybridized carbons (Fsp3) is 0.467. The summed E-state index contributed by atoms with van der Waals surface area (Å²) >= 11 is 0. The molecule has 7 heteroatoms. The molecule has 1 aromatic carbocycles. The normalized spacial score (nSPS) is 11.0. The fourth-order valence-electron chi connectivity index (χ4n) is 2.34. The van der Waals surface area contributed by atoms with Crippen molar-refractivity contribution in [2.45, 2.75) is 40.0 Å². The molecule has 0 aliphatic carbocycles. The van der Waals surface area contributed by atoms with Crippen LogP contribution < -0.4 is 5.32 Å². The first-order valence-electron chi connectivity index (χ1n) is 7.04. The maximum Gasteiger partial charge on any atom is 0.310 e. The summed E-state index contributed by atoms with van der Waals surface area (Å²) < 4.78 is 0. The van der Waals surface area contributed by atoms with Gasteiger partial charge >= 0.3 is 5.97 Å². The van der Waals surface area contributed by atoms with Gasteiger partial charge in [-0.3, -0.25) is 19.7 Å². The van der Waals surface area contributed by atoms with E-state index in [1.807, 2.05) is 0 Å². The largest absolute Gasteiger partial charge is 0.481 e. The van der Waals surface area contributed by atoms with Gasteiger partial charge < -0.3 is 10.4 Å². The Morgan fingerprint density at radius 1 is 1.32 bits per heavy atom. The lowest BCUT2D eigenvalue weighted by atomic mass is 9.79. The van der Waals surface area contributed by atoms with E-state index in [0.29, 0.717) is 24.1 Å². The van der Waals surface area contributed by atoms with Crippen LogP contribution in [0.5, 0.6) is 0 Å². The number of nitro groups is 1. The number of carboxylic acid groups (broad SMARTS) is 1. The van der Waals surface area contributed by atoms with Crippen molar-refractivity contribution in [3.05, 3.63) is 33.9 Å². The van der Waals surface area contributed by atoms with E-state index in [2.05, 4.69) is 5.32 Å². The smallest absolute Gasteiger partial charge is 0.310 e. The third-order valence-electron chi connectivity index (χ3n) is 4.08. The fourth-order valence-corrected chi connectivity index (χ4v) is 2.34. The molecule has 0 atom stereocenters. The van der Waals surface area contributed by atoms with Crippen LogP contribution in [0.3, 0.4) is 0 Å². The molecule has 0 saturated heterocycles. The van der Waals surface area contributed by atoms with Gasteiger partial charge in [0.1, 0.15) is 0 Å². The molecule has 22 heavy (non-hydrogen) atoms. The zero-order chi connectivity index (χ0) is 16.9. The monoisotopic (exact) mass is 308 g/mol. The number of aliphatic carboxylic acids is 1. The number of carboxylic acids is 1. The van der Waals surface area contributed by atoms with Crippen molar-refractivity contribution >= 4 is 23.3 Å². The molecular weight excluding hydrogens is 288 g/mol. The van der Waals surface area contributed by atoms with E-state index in [1.54, 1.807) is 19.9 Å². The summed E-state index contributed by atoms with van der Waals surface area (Å²) in [5.74, 6) is -1.47. The first kappa shape index (κ1) is 17.6. The van der Waals surface area contributed by atoms with Crippen LogP contribution in [0.2, 0.25) is 0 Å². The van der Waals surface area contributed by atoms with Crippen molar-refractivity contribution in [2.75, 3.05) is 5.32 Å². The van der Waals surface area contributed by atoms with Gasteiger partial charge in [0.2, 0.25) is 5.91 Å². The number of benzene rings is 1. The highest BCUT2D eigenvalue weighted by Crippen LogP contribution is 2.32. The van der Waals surface area contributed by atoms with Crippen molar-refractivity contribution in [1.29, 1.82) is 0 Å². The van der Waals surface area contributed by atoms with Crippen LogP contribution in [0.25, 0.3) is 0 Å². The van der Waals surface area contributed by atoms with Crippen LogP contribution in [0.4, 0.5) is 11.4 Å². The maximum atomic E-state index is 12.1. The summed E-state index contributed by atoms with van der Waals surface area (Å²) in [7, 11) is 0. The molecule has 0 bridgehead atoms. The highest BCUT2D eigenvalue weighted by Gasteiger charge is 2.37. The van der Waals surface area contributed by atoms with Crippen LogP contribution in [-0.2, 0) is 9.59 Å². The quantitative estimate of drug-likeness (QED) is 0.594. The van der Waals surface area contributed by atoms with Crippen LogP contribution >= 0.6 is 0 Å². The molecule has 0 heterocycles. The van der Waals surface area contributed by atoms with Gasteiger partial charge in [0.25, 0.3) is 5.69 Å². The second-order valence-electron chi connectivity index (χ2n) is 5.22. The molecule has 0 aliphatic rings. The van der Waals surface area contributed by atoms with E-state index in [-0.39, 0.29) is 12.1 Å². The molecule has 0 aromatic heterocycles. The average Bonchev–Trinajstić information content (AvgIpc) is 2.46. The van der Waals surface area contributed by atoms with Gasteiger partial charge in [0, 0.05) is 12.5 Å². The number of carbonyl (C=O) groups excluding carboxylic acids is 1. The predicted molar refractivity (Wildman–Crippen MR) is 81.7 cm³/mol. The molecule has 0 unspecified atom stereocenters. The van der Waals surface area contributed by atoms with E-state index in [1.165, 1.54) is 19.1 Å². The zero-order valence-corrected chi connectivity index (χ0v) is 12.9.